The number of rotatable bonds is 6. The lowest BCUT2D eigenvalue weighted by Gasteiger charge is -2.36. The molecule has 1 fully saturated rings. The minimum absolute atomic E-state index is 0. The summed E-state index contributed by atoms with van der Waals surface area (Å²) in [4.78, 5) is 36.3. The number of non-ortho nitro benzene ring substituents is 1. The molecule has 0 aliphatic carbocycles. The molecule has 0 spiro atoms. The second-order valence-corrected chi connectivity index (χ2v) is 6.32. The Morgan fingerprint density at radius 3 is 2.73 bits per heavy atom. The highest BCUT2D eigenvalue weighted by atomic mass is 35.5. The summed E-state index contributed by atoms with van der Waals surface area (Å²) in [5.41, 5.74) is 5.42. The van der Waals surface area contributed by atoms with Gasteiger partial charge in [0.2, 0.25) is 5.91 Å². The zero-order valence-electron chi connectivity index (χ0n) is 14.2. The number of likely N-dealkylation sites (tertiary alicyclic amines) is 1. The minimum atomic E-state index is -0.559. The molecule has 0 saturated carbocycles. The number of nitrogens with one attached hydrogen (secondary N) is 1. The third-order valence-electron chi connectivity index (χ3n) is 4.19. The van der Waals surface area contributed by atoms with E-state index in [9.17, 15) is 19.7 Å². The molecule has 0 radical (unpaired) electrons. The van der Waals surface area contributed by atoms with E-state index in [1.54, 1.807) is 4.90 Å². The quantitative estimate of drug-likeness (QED) is 0.555. The summed E-state index contributed by atoms with van der Waals surface area (Å²) in [7, 11) is 0. The van der Waals surface area contributed by atoms with Gasteiger partial charge in [-0.05, 0) is 25.3 Å². The molecule has 144 valence electrons. The largest absolute Gasteiger partial charge is 0.354 e. The number of hydrogen-bond acceptors (Lipinski definition) is 5. The second kappa shape index (κ2) is 10.3. The van der Waals surface area contributed by atoms with Gasteiger partial charge in [-0.15, -0.1) is 12.4 Å². The molecule has 10 heteroatoms. The van der Waals surface area contributed by atoms with Crippen molar-refractivity contribution in [2.75, 3.05) is 19.6 Å². The normalized spacial score (nSPS) is 16.5. The van der Waals surface area contributed by atoms with Gasteiger partial charge in [-0.1, -0.05) is 11.6 Å². The van der Waals surface area contributed by atoms with Gasteiger partial charge in [0.05, 0.1) is 15.5 Å². The van der Waals surface area contributed by atoms with E-state index >= 15 is 0 Å². The number of benzene rings is 1. The molecule has 1 aromatic carbocycles. The second-order valence-electron chi connectivity index (χ2n) is 5.91. The maximum Gasteiger partial charge on any atom is 0.270 e. The summed E-state index contributed by atoms with van der Waals surface area (Å²) in [6, 6.07) is 3.69. The Morgan fingerprint density at radius 2 is 2.12 bits per heavy atom. The van der Waals surface area contributed by atoms with E-state index in [2.05, 4.69) is 5.32 Å². The maximum absolute atomic E-state index is 12.8. The molecule has 1 heterocycles. The van der Waals surface area contributed by atoms with E-state index in [0.717, 1.165) is 19.3 Å². The molecule has 2 amide bonds. The Hall–Kier alpha value is -1.90. The van der Waals surface area contributed by atoms with Gasteiger partial charge in [-0.3, -0.25) is 19.7 Å². The van der Waals surface area contributed by atoms with E-state index in [-0.39, 0.29) is 59.5 Å². The average molecular weight is 405 g/mol. The van der Waals surface area contributed by atoms with E-state index < -0.39 is 4.92 Å². The predicted molar refractivity (Wildman–Crippen MR) is 101 cm³/mol. The Balaban J connectivity index is 0.00000338. The Bertz CT molecular complexity index is 672. The first-order valence-corrected chi connectivity index (χ1v) is 8.53. The number of nitro benzene ring substituents is 1. The highest BCUT2D eigenvalue weighted by Gasteiger charge is 2.29. The Morgan fingerprint density at radius 1 is 1.38 bits per heavy atom. The number of halogens is 2. The molecule has 1 saturated heterocycles. The number of carbonyl (C=O) groups is 2. The number of hydrogen-bond donors (Lipinski definition) is 2. The average Bonchev–Trinajstić information content (AvgIpc) is 2.59. The van der Waals surface area contributed by atoms with Gasteiger partial charge in [-0.25, -0.2) is 0 Å². The molecule has 1 unspecified atom stereocenters. The fraction of sp³-hybridized carbons (Fsp3) is 0.500. The number of piperidine rings is 1. The van der Waals surface area contributed by atoms with Crippen LogP contribution in [0, 0.1) is 10.1 Å². The highest BCUT2D eigenvalue weighted by Crippen LogP contribution is 2.26. The lowest BCUT2D eigenvalue weighted by molar-refractivity contribution is -0.384. The predicted octanol–water partition coefficient (Wildman–Crippen LogP) is 2.13. The molecule has 0 bridgehead atoms. The first-order valence-electron chi connectivity index (χ1n) is 8.15. The summed E-state index contributed by atoms with van der Waals surface area (Å²) in [5.74, 6) is -0.425. The summed E-state index contributed by atoms with van der Waals surface area (Å²) in [6.45, 7) is 1.19. The number of nitrogens with two attached hydrogens (primary N) is 1. The van der Waals surface area contributed by atoms with Gasteiger partial charge in [0.15, 0.2) is 0 Å². The first kappa shape index (κ1) is 22.1. The van der Waals surface area contributed by atoms with Crippen molar-refractivity contribution in [1.82, 2.24) is 10.2 Å². The topological polar surface area (TPSA) is 119 Å². The van der Waals surface area contributed by atoms with Crippen LogP contribution in [0.15, 0.2) is 18.2 Å². The summed E-state index contributed by atoms with van der Waals surface area (Å²) < 4.78 is 0. The zero-order chi connectivity index (χ0) is 18.4. The molecule has 1 aliphatic heterocycles. The highest BCUT2D eigenvalue weighted by molar-refractivity contribution is 6.34. The Kier molecular flexibility index (Phi) is 8.77. The minimum Gasteiger partial charge on any atom is -0.354 e. The zero-order valence-corrected chi connectivity index (χ0v) is 15.7. The van der Waals surface area contributed by atoms with Crippen molar-refractivity contribution in [1.29, 1.82) is 0 Å². The van der Waals surface area contributed by atoms with E-state index in [4.69, 9.17) is 17.3 Å². The fourth-order valence-corrected chi connectivity index (χ4v) is 3.13. The van der Waals surface area contributed by atoms with Crippen LogP contribution < -0.4 is 11.1 Å². The molecule has 2 rings (SSSR count). The number of carbonyl (C=O) groups excluding carboxylic acids is 2. The third-order valence-corrected chi connectivity index (χ3v) is 4.50. The van der Waals surface area contributed by atoms with Crippen LogP contribution in [-0.2, 0) is 4.79 Å². The monoisotopic (exact) mass is 404 g/mol. The van der Waals surface area contributed by atoms with Crippen LogP contribution in [0.25, 0.3) is 0 Å². The fourth-order valence-electron chi connectivity index (χ4n) is 2.88. The Labute approximate surface area is 162 Å². The van der Waals surface area contributed by atoms with Crippen molar-refractivity contribution in [3.63, 3.8) is 0 Å². The first-order chi connectivity index (χ1) is 11.9. The van der Waals surface area contributed by atoms with Crippen molar-refractivity contribution in [3.05, 3.63) is 38.9 Å². The van der Waals surface area contributed by atoms with Crippen molar-refractivity contribution < 1.29 is 14.5 Å². The van der Waals surface area contributed by atoms with Gasteiger partial charge in [0.25, 0.3) is 11.6 Å². The maximum atomic E-state index is 12.8. The van der Waals surface area contributed by atoms with Crippen LogP contribution in [0.1, 0.15) is 36.0 Å². The van der Waals surface area contributed by atoms with Crippen LogP contribution in [0.5, 0.6) is 0 Å². The van der Waals surface area contributed by atoms with Crippen LogP contribution in [0.3, 0.4) is 0 Å². The summed E-state index contributed by atoms with van der Waals surface area (Å²) >= 11 is 6.07. The van der Waals surface area contributed by atoms with Gasteiger partial charge < -0.3 is 16.0 Å². The molecular formula is C16H22Cl2N4O4. The van der Waals surface area contributed by atoms with Crippen molar-refractivity contribution in [2.45, 2.75) is 31.7 Å². The van der Waals surface area contributed by atoms with Crippen molar-refractivity contribution >= 4 is 41.5 Å². The summed E-state index contributed by atoms with van der Waals surface area (Å²) in [5, 5.41) is 13.6. The van der Waals surface area contributed by atoms with Crippen molar-refractivity contribution in [2.24, 2.45) is 5.73 Å². The lowest BCUT2D eigenvalue weighted by Crippen LogP contribution is -2.49. The molecule has 8 nitrogen and oxygen atoms in total. The standard InChI is InChI=1S/C16H21ClN4O4.ClH/c17-14-9-11(21(24)25)4-5-13(14)16(23)20-8-2-1-3-12(20)10-19-15(22)6-7-18;/h4-5,9,12H,1-3,6-8,10,18H2,(H,19,22);1H. The number of nitro groups is 1. The number of nitrogens with zero attached hydrogens (tertiary/aromatic N) is 2. The van der Waals surface area contributed by atoms with Gasteiger partial charge >= 0.3 is 0 Å². The van der Waals surface area contributed by atoms with Crippen LogP contribution >= 0.6 is 24.0 Å². The third kappa shape index (κ3) is 5.55. The molecule has 26 heavy (non-hydrogen) atoms. The van der Waals surface area contributed by atoms with Crippen LogP contribution in [0.2, 0.25) is 5.02 Å². The van der Waals surface area contributed by atoms with E-state index in [1.165, 1.54) is 18.2 Å². The smallest absolute Gasteiger partial charge is 0.270 e. The molecule has 1 atom stereocenters. The molecule has 1 aliphatic rings. The molecular weight excluding hydrogens is 383 g/mol. The van der Waals surface area contributed by atoms with Crippen LogP contribution in [0.4, 0.5) is 5.69 Å². The SMILES string of the molecule is Cl.NCCC(=O)NCC1CCCCN1C(=O)c1ccc([N+](=O)[O-])cc1Cl. The van der Waals surface area contributed by atoms with E-state index in [1.807, 2.05) is 0 Å². The molecule has 1 aromatic rings. The van der Waals surface area contributed by atoms with Gasteiger partial charge in [0.1, 0.15) is 0 Å². The molecule has 3 N–H and O–H groups in total. The van der Waals surface area contributed by atoms with Crippen molar-refractivity contribution in [3.8, 4) is 0 Å². The summed E-state index contributed by atoms with van der Waals surface area (Å²) in [6.07, 6.45) is 2.85. The van der Waals surface area contributed by atoms with E-state index in [0.29, 0.717) is 13.1 Å². The van der Waals surface area contributed by atoms with Crippen LogP contribution in [-0.4, -0.2) is 47.3 Å². The number of amides is 2. The van der Waals surface area contributed by atoms with Gasteiger partial charge in [-0.2, -0.15) is 0 Å². The van der Waals surface area contributed by atoms with Gasteiger partial charge in [0, 0.05) is 44.2 Å². The lowest BCUT2D eigenvalue weighted by atomic mass is 10.0. The molecule has 0 aromatic heterocycles.